The molecule has 2 unspecified atom stereocenters. The first-order valence-corrected chi connectivity index (χ1v) is 5.99. The third kappa shape index (κ3) is 3.95. The van der Waals surface area contributed by atoms with E-state index in [4.69, 9.17) is 4.74 Å². The summed E-state index contributed by atoms with van der Waals surface area (Å²) in [5.74, 6) is 0. The van der Waals surface area contributed by atoms with Crippen molar-refractivity contribution in [3.05, 3.63) is 35.4 Å². The molecule has 0 saturated heterocycles. The number of rotatable bonds is 6. The van der Waals surface area contributed by atoms with Crippen LogP contribution >= 0.6 is 0 Å². The van der Waals surface area contributed by atoms with Crippen LogP contribution in [-0.2, 0) is 4.74 Å². The van der Waals surface area contributed by atoms with Crippen LogP contribution < -0.4 is 5.32 Å². The first-order chi connectivity index (χ1) is 7.67. The third-order valence-corrected chi connectivity index (χ3v) is 2.92. The summed E-state index contributed by atoms with van der Waals surface area (Å²) in [7, 11) is 1.75. The molecule has 1 N–H and O–H groups in total. The second kappa shape index (κ2) is 6.66. The normalized spacial score (nSPS) is 14.8. The molecule has 1 aromatic carbocycles. The molecule has 90 valence electrons. The van der Waals surface area contributed by atoms with E-state index < -0.39 is 0 Å². The van der Waals surface area contributed by atoms with E-state index in [1.54, 1.807) is 7.11 Å². The van der Waals surface area contributed by atoms with Gasteiger partial charge in [-0.1, -0.05) is 36.8 Å². The summed E-state index contributed by atoms with van der Waals surface area (Å²) in [5, 5.41) is 3.58. The quantitative estimate of drug-likeness (QED) is 0.797. The van der Waals surface area contributed by atoms with E-state index in [9.17, 15) is 0 Å². The largest absolute Gasteiger partial charge is 0.383 e. The number of methoxy groups -OCH3 is 1. The fourth-order valence-corrected chi connectivity index (χ4v) is 1.79. The van der Waals surface area contributed by atoms with Gasteiger partial charge in [-0.3, -0.25) is 0 Å². The smallest absolute Gasteiger partial charge is 0.0615 e. The Labute approximate surface area is 99.0 Å². The second-order valence-corrected chi connectivity index (χ2v) is 4.36. The molecule has 1 aromatic rings. The van der Waals surface area contributed by atoms with Crippen molar-refractivity contribution in [1.82, 2.24) is 5.32 Å². The van der Waals surface area contributed by atoms with E-state index >= 15 is 0 Å². The maximum Gasteiger partial charge on any atom is 0.0615 e. The maximum absolute atomic E-state index is 5.19. The number of hydrogen-bond acceptors (Lipinski definition) is 2. The highest BCUT2D eigenvalue weighted by Crippen LogP contribution is 2.14. The van der Waals surface area contributed by atoms with Gasteiger partial charge in [-0.2, -0.15) is 0 Å². The van der Waals surface area contributed by atoms with Crippen molar-refractivity contribution in [2.45, 2.75) is 39.3 Å². The Kier molecular flexibility index (Phi) is 5.50. The molecule has 1 rings (SSSR count). The lowest BCUT2D eigenvalue weighted by atomic mass is 10.1. The van der Waals surface area contributed by atoms with E-state index in [1.807, 2.05) is 0 Å². The van der Waals surface area contributed by atoms with Crippen LogP contribution in [0.15, 0.2) is 24.3 Å². The minimum Gasteiger partial charge on any atom is -0.383 e. The molecule has 0 spiro atoms. The van der Waals surface area contributed by atoms with Crippen LogP contribution in [-0.4, -0.2) is 19.8 Å². The van der Waals surface area contributed by atoms with Gasteiger partial charge in [0.25, 0.3) is 0 Å². The number of benzene rings is 1. The maximum atomic E-state index is 5.19. The fraction of sp³-hybridized carbons (Fsp3) is 0.571. The Bertz CT molecular complexity index is 294. The molecule has 0 aromatic heterocycles. The number of nitrogens with one attached hydrogen (secondary N) is 1. The average molecular weight is 221 g/mol. The van der Waals surface area contributed by atoms with Gasteiger partial charge in [0.1, 0.15) is 0 Å². The van der Waals surface area contributed by atoms with Crippen LogP contribution in [0, 0.1) is 6.92 Å². The number of ether oxygens (including phenoxy) is 1. The lowest BCUT2D eigenvalue weighted by Crippen LogP contribution is -2.34. The van der Waals surface area contributed by atoms with Crippen LogP contribution in [0.5, 0.6) is 0 Å². The second-order valence-electron chi connectivity index (χ2n) is 4.36. The minimum atomic E-state index is 0.376. The zero-order valence-corrected chi connectivity index (χ0v) is 10.8. The first-order valence-electron chi connectivity index (χ1n) is 5.99. The highest BCUT2D eigenvalue weighted by atomic mass is 16.5. The standard InChI is InChI=1S/C14H23NO/c1-5-14(10-16-4)15-12(3)13-8-6-11(2)7-9-13/h6-9,12,14-15H,5,10H2,1-4H3. The molecule has 2 atom stereocenters. The van der Waals surface area contributed by atoms with Gasteiger partial charge >= 0.3 is 0 Å². The van der Waals surface area contributed by atoms with Crippen molar-refractivity contribution in [2.24, 2.45) is 0 Å². The molecular formula is C14H23NO. The SMILES string of the molecule is CCC(COC)NC(C)c1ccc(C)cc1. The van der Waals surface area contributed by atoms with Gasteiger partial charge in [-0.05, 0) is 25.8 Å². The van der Waals surface area contributed by atoms with Crippen molar-refractivity contribution in [2.75, 3.05) is 13.7 Å². The zero-order valence-electron chi connectivity index (χ0n) is 10.8. The molecule has 0 aliphatic rings. The van der Waals surface area contributed by atoms with Crippen molar-refractivity contribution in [1.29, 1.82) is 0 Å². The van der Waals surface area contributed by atoms with Crippen LogP contribution in [0.25, 0.3) is 0 Å². The Hall–Kier alpha value is -0.860. The molecule has 0 bridgehead atoms. The third-order valence-electron chi connectivity index (χ3n) is 2.92. The summed E-state index contributed by atoms with van der Waals surface area (Å²) in [6.07, 6.45) is 1.09. The van der Waals surface area contributed by atoms with E-state index in [2.05, 4.69) is 50.4 Å². The van der Waals surface area contributed by atoms with Crippen molar-refractivity contribution < 1.29 is 4.74 Å². The minimum absolute atomic E-state index is 0.376. The Morgan fingerprint density at radius 2 is 1.88 bits per heavy atom. The van der Waals surface area contributed by atoms with Crippen LogP contribution in [0.1, 0.15) is 37.4 Å². The molecule has 2 heteroatoms. The molecule has 0 fully saturated rings. The highest BCUT2D eigenvalue weighted by molar-refractivity contribution is 5.23. The summed E-state index contributed by atoms with van der Waals surface area (Å²) in [4.78, 5) is 0. The predicted molar refractivity (Wildman–Crippen MR) is 68.7 cm³/mol. The number of aryl methyl sites for hydroxylation is 1. The molecule has 2 nitrogen and oxygen atoms in total. The summed E-state index contributed by atoms with van der Waals surface area (Å²) >= 11 is 0. The van der Waals surface area contributed by atoms with Crippen LogP contribution in [0.2, 0.25) is 0 Å². The topological polar surface area (TPSA) is 21.3 Å². The molecular weight excluding hydrogens is 198 g/mol. The van der Waals surface area contributed by atoms with Crippen LogP contribution in [0.3, 0.4) is 0 Å². The summed E-state index contributed by atoms with van der Waals surface area (Å²) in [6.45, 7) is 7.26. The monoisotopic (exact) mass is 221 g/mol. The zero-order chi connectivity index (χ0) is 12.0. The van der Waals surface area contributed by atoms with Gasteiger partial charge in [0.15, 0.2) is 0 Å². The van der Waals surface area contributed by atoms with E-state index in [1.165, 1.54) is 11.1 Å². The van der Waals surface area contributed by atoms with Gasteiger partial charge in [-0.25, -0.2) is 0 Å². The fourth-order valence-electron chi connectivity index (χ4n) is 1.79. The van der Waals surface area contributed by atoms with E-state index in [0.29, 0.717) is 12.1 Å². The lowest BCUT2D eigenvalue weighted by molar-refractivity contribution is 0.159. The van der Waals surface area contributed by atoms with Gasteiger partial charge in [0.05, 0.1) is 6.61 Å². The average Bonchev–Trinajstić information content (AvgIpc) is 2.29. The van der Waals surface area contributed by atoms with Gasteiger partial charge < -0.3 is 10.1 Å². The van der Waals surface area contributed by atoms with Crippen molar-refractivity contribution in [3.8, 4) is 0 Å². The molecule has 0 aliphatic heterocycles. The van der Waals surface area contributed by atoms with Crippen molar-refractivity contribution >= 4 is 0 Å². The highest BCUT2D eigenvalue weighted by Gasteiger charge is 2.11. The molecule has 0 amide bonds. The lowest BCUT2D eigenvalue weighted by Gasteiger charge is -2.22. The summed E-state index contributed by atoms with van der Waals surface area (Å²) in [5.41, 5.74) is 2.64. The first kappa shape index (κ1) is 13.2. The summed E-state index contributed by atoms with van der Waals surface area (Å²) < 4.78 is 5.19. The van der Waals surface area contributed by atoms with E-state index in [-0.39, 0.29) is 0 Å². The predicted octanol–water partition coefficient (Wildman–Crippen LogP) is 3.07. The van der Waals surface area contributed by atoms with Gasteiger partial charge in [-0.15, -0.1) is 0 Å². The molecule has 0 radical (unpaired) electrons. The molecule has 16 heavy (non-hydrogen) atoms. The molecule has 0 heterocycles. The Morgan fingerprint density at radius 3 is 2.38 bits per heavy atom. The van der Waals surface area contributed by atoms with Gasteiger partial charge in [0, 0.05) is 19.2 Å². The molecule has 0 aliphatic carbocycles. The van der Waals surface area contributed by atoms with Crippen molar-refractivity contribution in [3.63, 3.8) is 0 Å². The van der Waals surface area contributed by atoms with E-state index in [0.717, 1.165) is 13.0 Å². The Morgan fingerprint density at radius 1 is 1.25 bits per heavy atom. The summed E-state index contributed by atoms with van der Waals surface area (Å²) in [6, 6.07) is 9.50. The number of hydrogen-bond donors (Lipinski definition) is 1. The van der Waals surface area contributed by atoms with Crippen LogP contribution in [0.4, 0.5) is 0 Å². The Balaban J connectivity index is 2.56. The van der Waals surface area contributed by atoms with Gasteiger partial charge in [0.2, 0.25) is 0 Å². The molecule has 0 saturated carbocycles.